The van der Waals surface area contributed by atoms with Crippen LogP contribution < -0.4 is 14.4 Å². The number of hydrogen-bond acceptors (Lipinski definition) is 5. The van der Waals surface area contributed by atoms with Crippen LogP contribution in [0, 0.1) is 6.92 Å². The molecule has 202 valence electrons. The molecule has 10 heteroatoms. The molecule has 0 aliphatic heterocycles. The zero-order chi connectivity index (χ0) is 27.9. The number of hydrogen-bond donors (Lipinski definition) is 1. The van der Waals surface area contributed by atoms with Crippen LogP contribution in [0.5, 0.6) is 5.75 Å². The van der Waals surface area contributed by atoms with E-state index in [1.807, 2.05) is 6.92 Å². The second-order valence-electron chi connectivity index (χ2n) is 8.71. The average molecular weight is 558 g/mol. The molecule has 0 radical (unpaired) electrons. The van der Waals surface area contributed by atoms with Crippen molar-refractivity contribution in [2.24, 2.45) is 0 Å². The minimum absolute atomic E-state index is 0.00102. The summed E-state index contributed by atoms with van der Waals surface area (Å²) in [6.45, 7) is 5.17. The Bertz CT molecular complexity index is 1360. The minimum atomic E-state index is -4.15. The van der Waals surface area contributed by atoms with Gasteiger partial charge in [-0.3, -0.25) is 13.9 Å². The summed E-state index contributed by atoms with van der Waals surface area (Å²) < 4.78 is 33.8. The summed E-state index contributed by atoms with van der Waals surface area (Å²) in [7, 11) is -2.66. The van der Waals surface area contributed by atoms with Gasteiger partial charge in [0.15, 0.2) is 0 Å². The van der Waals surface area contributed by atoms with E-state index >= 15 is 0 Å². The molecule has 2 amide bonds. The molecule has 3 aromatic rings. The quantitative estimate of drug-likeness (QED) is 0.377. The predicted molar refractivity (Wildman–Crippen MR) is 149 cm³/mol. The fraction of sp³-hybridized carbons (Fsp3) is 0.286. The summed E-state index contributed by atoms with van der Waals surface area (Å²) >= 11 is 6.36. The summed E-state index contributed by atoms with van der Waals surface area (Å²) in [6.07, 6.45) is 0. The largest absolute Gasteiger partial charge is 0.497 e. The standard InChI is InChI=1S/C28H32ClN3O5S/c1-5-30-28(34)21(3)31(18-22-8-6-7-9-26(22)29)27(33)19-32(23-12-10-20(2)11-13-23)38(35,36)25-16-14-24(37-4)15-17-25/h6-17,21H,5,18-19H2,1-4H3,(H,30,34). The number of likely N-dealkylation sites (N-methyl/N-ethyl adjacent to an activating group) is 1. The molecule has 0 aromatic heterocycles. The van der Waals surface area contributed by atoms with E-state index in [-0.39, 0.29) is 17.3 Å². The van der Waals surface area contributed by atoms with Crippen molar-refractivity contribution in [3.05, 3.63) is 88.9 Å². The van der Waals surface area contributed by atoms with E-state index in [0.29, 0.717) is 28.6 Å². The van der Waals surface area contributed by atoms with Crippen LogP contribution in [0.3, 0.4) is 0 Å². The van der Waals surface area contributed by atoms with Gasteiger partial charge < -0.3 is 15.0 Å². The number of sulfonamides is 1. The number of aryl methyl sites for hydroxylation is 1. The smallest absolute Gasteiger partial charge is 0.264 e. The SMILES string of the molecule is CCNC(=O)C(C)N(Cc1ccccc1Cl)C(=O)CN(c1ccc(C)cc1)S(=O)(=O)c1ccc(OC)cc1. The number of carbonyl (C=O) groups is 2. The number of anilines is 1. The van der Waals surface area contributed by atoms with Crippen molar-refractivity contribution >= 4 is 39.1 Å². The first-order valence-corrected chi connectivity index (χ1v) is 13.9. The van der Waals surface area contributed by atoms with Gasteiger partial charge in [-0.05, 0) is 68.8 Å². The maximum Gasteiger partial charge on any atom is 0.264 e. The first kappa shape index (κ1) is 29.0. The van der Waals surface area contributed by atoms with E-state index in [4.69, 9.17) is 16.3 Å². The lowest BCUT2D eigenvalue weighted by Crippen LogP contribution is -2.51. The molecule has 1 atom stereocenters. The van der Waals surface area contributed by atoms with Crippen LogP contribution >= 0.6 is 11.6 Å². The molecule has 0 fully saturated rings. The molecule has 3 aromatic carbocycles. The number of benzene rings is 3. The van der Waals surface area contributed by atoms with Gasteiger partial charge in [-0.25, -0.2) is 8.42 Å². The molecule has 0 bridgehead atoms. The summed E-state index contributed by atoms with van der Waals surface area (Å²) in [5.74, 6) is -0.405. The number of nitrogens with one attached hydrogen (secondary N) is 1. The lowest BCUT2D eigenvalue weighted by Gasteiger charge is -2.32. The van der Waals surface area contributed by atoms with Gasteiger partial charge >= 0.3 is 0 Å². The van der Waals surface area contributed by atoms with E-state index in [9.17, 15) is 18.0 Å². The highest BCUT2D eigenvalue weighted by Crippen LogP contribution is 2.27. The number of ether oxygens (including phenoxy) is 1. The number of rotatable bonds is 11. The van der Waals surface area contributed by atoms with Crippen molar-refractivity contribution in [1.82, 2.24) is 10.2 Å². The Morgan fingerprint density at radius 3 is 2.21 bits per heavy atom. The Morgan fingerprint density at radius 2 is 1.63 bits per heavy atom. The number of methoxy groups -OCH3 is 1. The van der Waals surface area contributed by atoms with Crippen LogP contribution in [0.15, 0.2) is 77.7 Å². The lowest BCUT2D eigenvalue weighted by atomic mass is 10.1. The molecule has 1 unspecified atom stereocenters. The van der Waals surface area contributed by atoms with Crippen molar-refractivity contribution in [3.63, 3.8) is 0 Å². The monoisotopic (exact) mass is 557 g/mol. The summed E-state index contributed by atoms with van der Waals surface area (Å²) in [6, 6.07) is 18.9. The second kappa shape index (κ2) is 12.8. The molecule has 1 N–H and O–H groups in total. The lowest BCUT2D eigenvalue weighted by molar-refractivity contribution is -0.139. The number of carbonyl (C=O) groups excluding carboxylic acids is 2. The zero-order valence-electron chi connectivity index (χ0n) is 21.8. The predicted octanol–water partition coefficient (Wildman–Crippen LogP) is 4.41. The number of nitrogens with zero attached hydrogens (tertiary/aromatic N) is 2. The fourth-order valence-electron chi connectivity index (χ4n) is 3.83. The third-order valence-corrected chi connectivity index (χ3v) is 8.22. The Labute approximate surface area is 229 Å². The van der Waals surface area contributed by atoms with Gasteiger partial charge in [-0.1, -0.05) is 47.5 Å². The summed E-state index contributed by atoms with van der Waals surface area (Å²) in [5, 5.41) is 3.17. The van der Waals surface area contributed by atoms with Crippen molar-refractivity contribution in [2.45, 2.75) is 38.3 Å². The number of halogens is 1. The van der Waals surface area contributed by atoms with E-state index in [0.717, 1.165) is 9.87 Å². The van der Waals surface area contributed by atoms with Gasteiger partial charge in [-0.15, -0.1) is 0 Å². The van der Waals surface area contributed by atoms with Gasteiger partial charge in [0, 0.05) is 18.1 Å². The van der Waals surface area contributed by atoms with E-state index in [1.54, 1.807) is 74.5 Å². The normalized spacial score (nSPS) is 11.9. The topological polar surface area (TPSA) is 96.0 Å². The van der Waals surface area contributed by atoms with E-state index in [1.165, 1.54) is 24.1 Å². The van der Waals surface area contributed by atoms with Crippen LogP contribution in [0.2, 0.25) is 5.02 Å². The Kier molecular flexibility index (Phi) is 9.77. The molecule has 0 spiro atoms. The average Bonchev–Trinajstić information content (AvgIpc) is 2.91. The zero-order valence-corrected chi connectivity index (χ0v) is 23.4. The Morgan fingerprint density at radius 1 is 1.00 bits per heavy atom. The van der Waals surface area contributed by atoms with Crippen molar-refractivity contribution < 1.29 is 22.7 Å². The molecule has 0 saturated carbocycles. The van der Waals surface area contributed by atoms with Crippen LogP contribution in [-0.2, 0) is 26.2 Å². The third-order valence-electron chi connectivity index (χ3n) is 6.07. The van der Waals surface area contributed by atoms with Gasteiger partial charge in [0.05, 0.1) is 17.7 Å². The third kappa shape index (κ3) is 6.85. The summed E-state index contributed by atoms with van der Waals surface area (Å²) in [4.78, 5) is 27.9. The highest BCUT2D eigenvalue weighted by molar-refractivity contribution is 7.92. The highest BCUT2D eigenvalue weighted by Gasteiger charge is 2.32. The molecule has 38 heavy (non-hydrogen) atoms. The van der Waals surface area contributed by atoms with Crippen LogP contribution in [0.1, 0.15) is 25.0 Å². The van der Waals surface area contributed by atoms with Crippen molar-refractivity contribution in [1.29, 1.82) is 0 Å². The number of amides is 2. The maximum atomic E-state index is 13.8. The molecule has 3 rings (SSSR count). The molecule has 8 nitrogen and oxygen atoms in total. The molecular weight excluding hydrogens is 526 g/mol. The first-order valence-electron chi connectivity index (χ1n) is 12.1. The molecule has 0 aliphatic rings. The van der Waals surface area contributed by atoms with Gasteiger partial charge in [0.1, 0.15) is 18.3 Å². The van der Waals surface area contributed by atoms with E-state index < -0.39 is 28.5 Å². The van der Waals surface area contributed by atoms with Gasteiger partial charge in [0.25, 0.3) is 10.0 Å². The van der Waals surface area contributed by atoms with Crippen LogP contribution in [-0.4, -0.2) is 51.4 Å². The fourth-order valence-corrected chi connectivity index (χ4v) is 5.44. The maximum absolute atomic E-state index is 13.8. The summed E-state index contributed by atoms with van der Waals surface area (Å²) in [5.41, 5.74) is 1.90. The highest BCUT2D eigenvalue weighted by atomic mass is 35.5. The first-order chi connectivity index (χ1) is 18.1. The van der Waals surface area contributed by atoms with Gasteiger partial charge in [0.2, 0.25) is 11.8 Å². The Hall–Kier alpha value is -3.56. The minimum Gasteiger partial charge on any atom is -0.497 e. The molecule has 0 heterocycles. The molecule has 0 aliphatic carbocycles. The molecular formula is C28H32ClN3O5S. The van der Waals surface area contributed by atoms with Crippen molar-refractivity contribution in [3.8, 4) is 5.75 Å². The molecule has 0 saturated heterocycles. The second-order valence-corrected chi connectivity index (χ2v) is 11.0. The van der Waals surface area contributed by atoms with E-state index in [2.05, 4.69) is 5.32 Å². The van der Waals surface area contributed by atoms with Crippen molar-refractivity contribution in [2.75, 3.05) is 24.5 Å². The van der Waals surface area contributed by atoms with Crippen LogP contribution in [0.4, 0.5) is 5.69 Å². The van der Waals surface area contributed by atoms with Crippen LogP contribution in [0.25, 0.3) is 0 Å². The Balaban J connectivity index is 2.03. The van der Waals surface area contributed by atoms with Gasteiger partial charge in [-0.2, -0.15) is 0 Å².